The molecule has 1 aliphatic rings. The van der Waals surface area contributed by atoms with Gasteiger partial charge in [-0.1, -0.05) is 0 Å². The van der Waals surface area contributed by atoms with Crippen molar-refractivity contribution in [1.29, 1.82) is 0 Å². The van der Waals surface area contributed by atoms with Crippen LogP contribution in [-0.2, 0) is 0 Å². The van der Waals surface area contributed by atoms with E-state index in [2.05, 4.69) is 4.98 Å². The van der Waals surface area contributed by atoms with Crippen molar-refractivity contribution in [3.05, 3.63) is 23.9 Å². The minimum absolute atomic E-state index is 0.106. The number of aliphatic hydroxyl groups is 1. The number of nitrogens with zero attached hydrogens (tertiary/aromatic N) is 2. The molecule has 2 rings (SSSR count). The molecule has 0 spiro atoms. The second kappa shape index (κ2) is 6.23. The number of aromatic nitrogens is 1. The average Bonchev–Trinajstić information content (AvgIpc) is 3.20. The van der Waals surface area contributed by atoms with Crippen molar-refractivity contribution in [2.75, 3.05) is 13.6 Å². The molecule has 0 radical (unpaired) electrons. The van der Waals surface area contributed by atoms with Crippen LogP contribution in [0.1, 0.15) is 23.2 Å². The molecule has 0 aromatic carbocycles. The van der Waals surface area contributed by atoms with E-state index in [1.165, 1.54) is 30.3 Å². The first-order chi connectivity index (χ1) is 9.78. The zero-order valence-electron chi connectivity index (χ0n) is 11.3. The first kappa shape index (κ1) is 16.1. The Morgan fingerprint density at radius 1 is 1.57 bits per heavy atom. The molecule has 1 aromatic heterocycles. The lowest BCUT2D eigenvalue weighted by Gasteiger charge is -2.21. The number of hydrogen-bond donors (Lipinski definition) is 1. The maximum Gasteiger partial charge on any atom is 0.447 e. The van der Waals surface area contributed by atoms with E-state index in [9.17, 15) is 23.1 Å². The Bertz CT molecular complexity index is 520. The fourth-order valence-electron chi connectivity index (χ4n) is 1.94. The van der Waals surface area contributed by atoms with Crippen LogP contribution in [0.3, 0.4) is 0 Å². The SMILES string of the molecule is CN(CC(O)C1CC1)C(=O)c1cccnc1SC(F)(F)F. The van der Waals surface area contributed by atoms with Crippen LogP contribution in [0.4, 0.5) is 13.2 Å². The molecule has 1 aromatic rings. The molecule has 1 fully saturated rings. The molecule has 4 nitrogen and oxygen atoms in total. The van der Waals surface area contributed by atoms with Crippen molar-refractivity contribution in [2.45, 2.75) is 29.5 Å². The van der Waals surface area contributed by atoms with Gasteiger partial charge in [0.15, 0.2) is 0 Å². The molecule has 1 saturated carbocycles. The lowest BCUT2D eigenvalue weighted by molar-refractivity contribution is -0.0329. The second-order valence-electron chi connectivity index (χ2n) is 4.99. The normalized spacial score (nSPS) is 16.6. The highest BCUT2D eigenvalue weighted by atomic mass is 32.2. The van der Waals surface area contributed by atoms with Gasteiger partial charge in [0.1, 0.15) is 5.03 Å². The molecular weight excluding hydrogens is 305 g/mol. The predicted molar refractivity (Wildman–Crippen MR) is 71.8 cm³/mol. The number of rotatable bonds is 5. The zero-order valence-corrected chi connectivity index (χ0v) is 12.1. The number of likely N-dealkylation sites (N-methyl/N-ethyl adjacent to an activating group) is 1. The molecule has 0 bridgehead atoms. The molecule has 116 valence electrons. The molecule has 1 heterocycles. The molecule has 1 N–H and O–H groups in total. The maximum atomic E-state index is 12.5. The highest BCUT2D eigenvalue weighted by molar-refractivity contribution is 8.00. The number of pyridine rings is 1. The van der Waals surface area contributed by atoms with E-state index in [0.29, 0.717) is 0 Å². The van der Waals surface area contributed by atoms with E-state index in [-0.39, 0.29) is 23.1 Å². The fourth-order valence-corrected chi connectivity index (χ4v) is 2.54. The molecule has 0 saturated heterocycles. The van der Waals surface area contributed by atoms with E-state index >= 15 is 0 Å². The van der Waals surface area contributed by atoms with Crippen LogP contribution in [0.25, 0.3) is 0 Å². The zero-order chi connectivity index (χ0) is 15.6. The van der Waals surface area contributed by atoms with Gasteiger partial charge in [0.05, 0.1) is 11.7 Å². The Morgan fingerprint density at radius 2 is 2.24 bits per heavy atom. The molecule has 1 unspecified atom stereocenters. The highest BCUT2D eigenvalue weighted by Gasteiger charge is 2.34. The third-order valence-electron chi connectivity index (χ3n) is 3.19. The van der Waals surface area contributed by atoms with Crippen molar-refractivity contribution >= 4 is 17.7 Å². The topological polar surface area (TPSA) is 53.4 Å². The van der Waals surface area contributed by atoms with Gasteiger partial charge < -0.3 is 10.0 Å². The van der Waals surface area contributed by atoms with Crippen molar-refractivity contribution in [2.24, 2.45) is 5.92 Å². The minimum Gasteiger partial charge on any atom is -0.391 e. The first-order valence-electron chi connectivity index (χ1n) is 6.42. The van der Waals surface area contributed by atoms with Gasteiger partial charge in [-0.15, -0.1) is 0 Å². The van der Waals surface area contributed by atoms with Crippen LogP contribution in [0, 0.1) is 5.92 Å². The number of halogens is 3. The number of aliphatic hydroxyl groups excluding tert-OH is 1. The van der Waals surface area contributed by atoms with Gasteiger partial charge in [-0.2, -0.15) is 13.2 Å². The Balaban J connectivity index is 2.10. The maximum absolute atomic E-state index is 12.5. The van der Waals surface area contributed by atoms with Crippen molar-refractivity contribution in [3.8, 4) is 0 Å². The largest absolute Gasteiger partial charge is 0.447 e. The van der Waals surface area contributed by atoms with Crippen molar-refractivity contribution in [3.63, 3.8) is 0 Å². The molecule has 1 aliphatic carbocycles. The average molecular weight is 320 g/mol. The van der Waals surface area contributed by atoms with Gasteiger partial charge in [0.2, 0.25) is 0 Å². The first-order valence-corrected chi connectivity index (χ1v) is 7.24. The van der Waals surface area contributed by atoms with E-state index in [1.54, 1.807) is 0 Å². The molecule has 21 heavy (non-hydrogen) atoms. The summed E-state index contributed by atoms with van der Waals surface area (Å²) < 4.78 is 37.4. The van der Waals surface area contributed by atoms with Crippen LogP contribution in [0.2, 0.25) is 0 Å². The molecule has 0 aliphatic heterocycles. The number of alkyl halides is 3. The molecule has 8 heteroatoms. The number of amides is 1. The summed E-state index contributed by atoms with van der Waals surface area (Å²) >= 11 is -0.410. The van der Waals surface area contributed by atoms with E-state index in [0.717, 1.165) is 12.8 Å². The molecule has 1 amide bonds. The Kier molecular flexibility index (Phi) is 4.77. The lowest BCUT2D eigenvalue weighted by Crippen LogP contribution is -2.35. The van der Waals surface area contributed by atoms with Gasteiger partial charge in [0, 0.05) is 31.6 Å². The number of thioether (sulfide) groups is 1. The van der Waals surface area contributed by atoms with Crippen LogP contribution >= 0.6 is 11.8 Å². The fraction of sp³-hybridized carbons (Fsp3) is 0.538. The van der Waals surface area contributed by atoms with Crippen LogP contribution in [0.15, 0.2) is 23.4 Å². The third-order valence-corrected chi connectivity index (χ3v) is 3.94. The molecular formula is C13H15F3N2O2S. The lowest BCUT2D eigenvalue weighted by atomic mass is 10.2. The summed E-state index contributed by atoms with van der Waals surface area (Å²) in [5.74, 6) is -0.382. The van der Waals surface area contributed by atoms with Crippen LogP contribution in [0.5, 0.6) is 0 Å². The second-order valence-corrected chi connectivity index (χ2v) is 6.05. The third kappa shape index (κ3) is 4.60. The van der Waals surface area contributed by atoms with E-state index in [4.69, 9.17) is 0 Å². The number of carbonyl (C=O) groups excluding carboxylic acids is 1. The summed E-state index contributed by atoms with van der Waals surface area (Å²) in [5, 5.41) is 9.44. The Hall–Kier alpha value is -1.28. The van der Waals surface area contributed by atoms with Gasteiger partial charge in [-0.25, -0.2) is 4.98 Å². The Morgan fingerprint density at radius 3 is 2.81 bits per heavy atom. The summed E-state index contributed by atoms with van der Waals surface area (Å²) in [7, 11) is 1.46. The standard InChI is InChI=1S/C13H15F3N2O2S/c1-18(7-10(19)8-4-5-8)12(20)9-3-2-6-17-11(9)21-13(14,15)16/h2-3,6,8,10,19H,4-5,7H2,1H3. The van der Waals surface area contributed by atoms with Gasteiger partial charge in [0.25, 0.3) is 5.91 Å². The summed E-state index contributed by atoms with van der Waals surface area (Å²) in [5.41, 5.74) is -4.61. The minimum atomic E-state index is -4.50. The molecule has 1 atom stereocenters. The predicted octanol–water partition coefficient (Wildman–Crippen LogP) is 2.54. The highest BCUT2D eigenvalue weighted by Crippen LogP contribution is 2.37. The monoisotopic (exact) mass is 320 g/mol. The summed E-state index contributed by atoms with van der Waals surface area (Å²) in [4.78, 5) is 17.1. The van der Waals surface area contributed by atoms with Crippen LogP contribution in [-0.4, -0.2) is 46.1 Å². The van der Waals surface area contributed by atoms with Crippen molar-refractivity contribution in [1.82, 2.24) is 9.88 Å². The number of hydrogen-bond acceptors (Lipinski definition) is 4. The quantitative estimate of drug-likeness (QED) is 0.847. The van der Waals surface area contributed by atoms with Crippen molar-refractivity contribution < 1.29 is 23.1 Å². The van der Waals surface area contributed by atoms with Crippen LogP contribution < -0.4 is 0 Å². The summed E-state index contributed by atoms with van der Waals surface area (Å²) in [6, 6.07) is 2.72. The summed E-state index contributed by atoms with van der Waals surface area (Å²) in [6.07, 6.45) is 2.43. The summed E-state index contributed by atoms with van der Waals surface area (Å²) in [6.45, 7) is 0.106. The van der Waals surface area contributed by atoms with Gasteiger partial charge in [-0.05, 0) is 30.9 Å². The van der Waals surface area contributed by atoms with Gasteiger partial charge in [-0.3, -0.25) is 4.79 Å². The van der Waals surface area contributed by atoms with Gasteiger partial charge >= 0.3 is 5.51 Å². The Labute approximate surface area is 124 Å². The van der Waals surface area contributed by atoms with E-state index < -0.39 is 29.3 Å². The smallest absolute Gasteiger partial charge is 0.391 e. The van der Waals surface area contributed by atoms with E-state index in [1.807, 2.05) is 0 Å². The number of carbonyl (C=O) groups is 1.